The third-order valence-electron chi connectivity index (χ3n) is 6.24. The Balaban J connectivity index is 2.04. The second kappa shape index (κ2) is 7.66. The topological polar surface area (TPSA) is 71.3 Å². The molecule has 5 nitrogen and oxygen atoms in total. The molecule has 1 saturated carbocycles. The summed E-state index contributed by atoms with van der Waals surface area (Å²) in [4.78, 5) is 12.6. The van der Waals surface area contributed by atoms with E-state index in [0.717, 1.165) is 25.7 Å². The molecule has 0 heterocycles. The first-order valence-electron chi connectivity index (χ1n) is 10.3. The standard InChI is InChI=1S/C23H32N2O3/c1-22(2,3)28-21(26)25-20-15-9-7-6-8-10-23(20,4)18-13-19(27-5)17(14-24)12-16(18)11-15/h12-13,15,20H,6-11H2,1-5H3,(H,25,26). The van der Waals surface area contributed by atoms with Gasteiger partial charge in [-0.05, 0) is 69.2 Å². The molecule has 2 aliphatic carbocycles. The van der Waals surface area contributed by atoms with Gasteiger partial charge in [-0.3, -0.25) is 0 Å². The lowest BCUT2D eigenvalue weighted by atomic mass is 9.59. The number of methoxy groups -OCH3 is 1. The van der Waals surface area contributed by atoms with Crippen molar-refractivity contribution in [2.24, 2.45) is 5.92 Å². The molecular formula is C23H32N2O3. The average molecular weight is 385 g/mol. The van der Waals surface area contributed by atoms with E-state index in [0.29, 0.717) is 17.2 Å². The SMILES string of the molecule is COc1cc2c(cc1C#N)CC1CCCCCC2(C)C1NC(=O)OC(C)(C)C. The van der Waals surface area contributed by atoms with E-state index in [4.69, 9.17) is 9.47 Å². The number of amides is 1. The number of alkyl carbamates (subject to hydrolysis) is 1. The predicted molar refractivity (Wildman–Crippen MR) is 108 cm³/mol. The molecule has 1 aromatic rings. The lowest BCUT2D eigenvalue weighted by molar-refractivity contribution is 0.0417. The number of carbonyl (C=O) groups excluding carboxylic acids is 1. The highest BCUT2D eigenvalue weighted by molar-refractivity contribution is 5.69. The smallest absolute Gasteiger partial charge is 0.407 e. The summed E-state index contributed by atoms with van der Waals surface area (Å²) in [6, 6.07) is 6.28. The molecule has 3 atom stereocenters. The number of nitriles is 1. The highest BCUT2D eigenvalue weighted by Gasteiger charge is 2.47. The molecule has 28 heavy (non-hydrogen) atoms. The number of fused-ring (bicyclic) bond motifs is 4. The number of carbonyl (C=O) groups is 1. The van der Waals surface area contributed by atoms with Gasteiger partial charge in [0.1, 0.15) is 17.4 Å². The van der Waals surface area contributed by atoms with Crippen LogP contribution in [0.4, 0.5) is 4.79 Å². The Morgan fingerprint density at radius 2 is 2.04 bits per heavy atom. The number of nitrogens with zero attached hydrogens (tertiary/aromatic N) is 1. The fourth-order valence-electron chi connectivity index (χ4n) is 5.02. The van der Waals surface area contributed by atoms with Crippen molar-refractivity contribution < 1.29 is 14.3 Å². The lowest BCUT2D eigenvalue weighted by Gasteiger charge is -2.49. The summed E-state index contributed by atoms with van der Waals surface area (Å²) in [5, 5.41) is 12.7. The molecule has 3 unspecified atom stereocenters. The first-order valence-corrected chi connectivity index (χ1v) is 10.3. The Labute approximate surface area is 168 Å². The minimum atomic E-state index is -0.523. The zero-order valence-electron chi connectivity index (χ0n) is 17.7. The van der Waals surface area contributed by atoms with Crippen molar-refractivity contribution in [3.05, 3.63) is 28.8 Å². The van der Waals surface area contributed by atoms with Gasteiger partial charge in [0.15, 0.2) is 0 Å². The number of hydrogen-bond acceptors (Lipinski definition) is 4. The Hall–Kier alpha value is -2.22. The van der Waals surface area contributed by atoms with Crippen LogP contribution in [0.2, 0.25) is 0 Å². The largest absolute Gasteiger partial charge is 0.495 e. The minimum absolute atomic E-state index is 0.00721. The maximum absolute atomic E-state index is 12.6. The molecule has 152 valence electrons. The van der Waals surface area contributed by atoms with Crippen molar-refractivity contribution in [1.82, 2.24) is 5.32 Å². The Morgan fingerprint density at radius 1 is 1.29 bits per heavy atom. The van der Waals surface area contributed by atoms with Gasteiger partial charge in [0.2, 0.25) is 0 Å². The number of rotatable bonds is 2. The first-order chi connectivity index (χ1) is 13.2. The maximum Gasteiger partial charge on any atom is 0.407 e. The first kappa shape index (κ1) is 20.5. The molecule has 0 aromatic heterocycles. The van der Waals surface area contributed by atoms with E-state index in [2.05, 4.69) is 18.3 Å². The molecule has 0 saturated heterocycles. The van der Waals surface area contributed by atoms with E-state index in [1.165, 1.54) is 24.0 Å². The number of benzene rings is 1. The minimum Gasteiger partial charge on any atom is -0.495 e. The molecule has 1 amide bonds. The van der Waals surface area contributed by atoms with Gasteiger partial charge in [-0.1, -0.05) is 26.2 Å². The second-order valence-corrected chi connectivity index (χ2v) is 9.43. The van der Waals surface area contributed by atoms with Crippen LogP contribution in [0.3, 0.4) is 0 Å². The zero-order valence-corrected chi connectivity index (χ0v) is 17.7. The number of nitrogens with one attached hydrogen (secondary N) is 1. The second-order valence-electron chi connectivity index (χ2n) is 9.43. The summed E-state index contributed by atoms with van der Waals surface area (Å²) in [5.41, 5.74) is 2.26. The molecule has 2 bridgehead atoms. The summed E-state index contributed by atoms with van der Waals surface area (Å²) in [5.74, 6) is 0.948. The van der Waals surface area contributed by atoms with Gasteiger partial charge in [0.05, 0.1) is 12.7 Å². The van der Waals surface area contributed by atoms with Crippen LogP contribution < -0.4 is 10.1 Å². The van der Waals surface area contributed by atoms with Crippen molar-refractivity contribution in [1.29, 1.82) is 5.26 Å². The molecule has 2 aliphatic rings. The lowest BCUT2D eigenvalue weighted by Crippen LogP contribution is -2.57. The van der Waals surface area contributed by atoms with Crippen LogP contribution in [-0.2, 0) is 16.6 Å². The molecule has 0 aliphatic heterocycles. The zero-order chi connectivity index (χ0) is 20.5. The van der Waals surface area contributed by atoms with Gasteiger partial charge in [-0.15, -0.1) is 0 Å². The Kier molecular flexibility index (Phi) is 5.61. The molecule has 0 radical (unpaired) electrons. The van der Waals surface area contributed by atoms with E-state index in [1.54, 1.807) is 7.11 Å². The van der Waals surface area contributed by atoms with E-state index < -0.39 is 5.60 Å². The van der Waals surface area contributed by atoms with Gasteiger partial charge < -0.3 is 14.8 Å². The predicted octanol–water partition coefficient (Wildman–Crippen LogP) is 4.85. The van der Waals surface area contributed by atoms with Gasteiger partial charge in [0, 0.05) is 11.5 Å². The molecule has 1 N–H and O–H groups in total. The third kappa shape index (κ3) is 3.97. The molecule has 3 rings (SSSR count). The number of ether oxygens (including phenoxy) is 2. The normalized spacial score (nSPS) is 26.9. The van der Waals surface area contributed by atoms with Crippen LogP contribution >= 0.6 is 0 Å². The van der Waals surface area contributed by atoms with Crippen molar-refractivity contribution in [3.8, 4) is 11.8 Å². The van der Waals surface area contributed by atoms with Crippen LogP contribution in [0, 0.1) is 17.2 Å². The van der Waals surface area contributed by atoms with E-state index in [-0.39, 0.29) is 17.6 Å². The highest BCUT2D eigenvalue weighted by atomic mass is 16.6. The fraction of sp³-hybridized carbons (Fsp3) is 0.652. The monoisotopic (exact) mass is 384 g/mol. The summed E-state index contributed by atoms with van der Waals surface area (Å²) in [6.45, 7) is 7.90. The molecule has 5 heteroatoms. The molecular weight excluding hydrogens is 352 g/mol. The van der Waals surface area contributed by atoms with Gasteiger partial charge in [0.25, 0.3) is 0 Å². The third-order valence-corrected chi connectivity index (χ3v) is 6.24. The van der Waals surface area contributed by atoms with E-state index >= 15 is 0 Å². The van der Waals surface area contributed by atoms with Gasteiger partial charge in [-0.2, -0.15) is 5.26 Å². The number of hydrogen-bond donors (Lipinski definition) is 1. The van der Waals surface area contributed by atoms with Crippen LogP contribution in [0.15, 0.2) is 12.1 Å². The van der Waals surface area contributed by atoms with Crippen LogP contribution in [0.1, 0.15) is 76.5 Å². The summed E-state index contributed by atoms with van der Waals surface area (Å²) in [7, 11) is 1.60. The maximum atomic E-state index is 12.6. The van der Waals surface area contributed by atoms with Crippen molar-refractivity contribution >= 4 is 6.09 Å². The average Bonchev–Trinajstić information content (AvgIpc) is 2.61. The van der Waals surface area contributed by atoms with E-state index in [9.17, 15) is 10.1 Å². The summed E-state index contributed by atoms with van der Waals surface area (Å²) < 4.78 is 11.1. The van der Waals surface area contributed by atoms with Crippen molar-refractivity contribution in [2.45, 2.75) is 83.3 Å². The van der Waals surface area contributed by atoms with Crippen LogP contribution in [0.5, 0.6) is 5.75 Å². The van der Waals surface area contributed by atoms with Gasteiger partial charge >= 0.3 is 6.09 Å². The molecule has 1 aromatic carbocycles. The van der Waals surface area contributed by atoms with Crippen LogP contribution in [-0.4, -0.2) is 24.8 Å². The Morgan fingerprint density at radius 3 is 2.68 bits per heavy atom. The van der Waals surface area contributed by atoms with E-state index in [1.807, 2.05) is 32.9 Å². The molecule has 0 spiro atoms. The highest BCUT2D eigenvalue weighted by Crippen LogP contribution is 2.48. The van der Waals surface area contributed by atoms with Crippen molar-refractivity contribution in [2.75, 3.05) is 7.11 Å². The van der Waals surface area contributed by atoms with Gasteiger partial charge in [-0.25, -0.2) is 4.79 Å². The van der Waals surface area contributed by atoms with Crippen LogP contribution in [0.25, 0.3) is 0 Å². The summed E-state index contributed by atoms with van der Waals surface area (Å²) in [6.07, 6.45) is 6.09. The Bertz CT molecular complexity index is 790. The quantitative estimate of drug-likeness (QED) is 0.791. The molecule has 1 fully saturated rings. The summed E-state index contributed by atoms with van der Waals surface area (Å²) >= 11 is 0. The fourth-order valence-corrected chi connectivity index (χ4v) is 5.02. The van der Waals surface area contributed by atoms with Crippen molar-refractivity contribution in [3.63, 3.8) is 0 Å².